The highest BCUT2D eigenvalue weighted by molar-refractivity contribution is 6.51. The van der Waals surface area contributed by atoms with Crippen LogP contribution in [-0.4, -0.2) is 37.9 Å². The Morgan fingerprint density at radius 2 is 1.88 bits per heavy atom. The fourth-order valence-corrected chi connectivity index (χ4v) is 2.25. The lowest BCUT2D eigenvalue weighted by atomic mass is 10.1. The van der Waals surface area contributed by atoms with Crippen LogP contribution in [-0.2, 0) is 4.79 Å². The number of Topliss-reactive ketones (excluding diaryl/α,β-unsaturated/α-hetero) is 1. The number of carbonyl (C=O) groups is 2. The van der Waals surface area contributed by atoms with Crippen molar-refractivity contribution in [1.29, 1.82) is 0 Å². The van der Waals surface area contributed by atoms with Crippen LogP contribution >= 0.6 is 0 Å². The van der Waals surface area contributed by atoms with Crippen molar-refractivity contribution in [1.82, 2.24) is 5.32 Å². The molecule has 0 saturated carbocycles. The van der Waals surface area contributed by atoms with Gasteiger partial charge in [0.25, 0.3) is 11.7 Å². The number of piperazine rings is 1. The molecule has 5 nitrogen and oxygen atoms in total. The van der Waals surface area contributed by atoms with Gasteiger partial charge >= 0.3 is 0 Å². The third kappa shape index (κ3) is 1.68. The van der Waals surface area contributed by atoms with Gasteiger partial charge < -0.3 is 15.5 Å². The summed E-state index contributed by atoms with van der Waals surface area (Å²) in [6.45, 7) is 3.74. The van der Waals surface area contributed by atoms with Gasteiger partial charge in [-0.3, -0.25) is 9.59 Å². The zero-order chi connectivity index (χ0) is 11.8. The van der Waals surface area contributed by atoms with Gasteiger partial charge in [-0.1, -0.05) is 0 Å². The van der Waals surface area contributed by atoms with E-state index >= 15 is 0 Å². The van der Waals surface area contributed by atoms with E-state index in [-0.39, 0.29) is 0 Å². The Kier molecular flexibility index (Phi) is 2.33. The van der Waals surface area contributed by atoms with E-state index in [9.17, 15) is 9.59 Å². The minimum atomic E-state index is -0.530. The van der Waals surface area contributed by atoms with Crippen LogP contribution in [0, 0.1) is 0 Å². The molecule has 0 radical (unpaired) electrons. The van der Waals surface area contributed by atoms with Gasteiger partial charge in [-0.25, -0.2) is 0 Å². The van der Waals surface area contributed by atoms with Crippen molar-refractivity contribution in [3.8, 4) is 0 Å². The number of rotatable bonds is 1. The smallest absolute Gasteiger partial charge is 0.296 e. The van der Waals surface area contributed by atoms with Crippen molar-refractivity contribution < 1.29 is 9.59 Å². The first kappa shape index (κ1) is 10.3. The molecule has 1 amide bonds. The molecule has 0 aliphatic carbocycles. The Labute approximate surface area is 98.8 Å². The largest absolute Gasteiger partial charge is 0.369 e. The highest BCUT2D eigenvalue weighted by atomic mass is 16.2. The Bertz CT molecular complexity index is 493. The lowest BCUT2D eigenvalue weighted by Gasteiger charge is -2.29. The molecule has 0 aromatic heterocycles. The van der Waals surface area contributed by atoms with Gasteiger partial charge in [0.15, 0.2) is 0 Å². The molecule has 88 valence electrons. The average Bonchev–Trinajstić information content (AvgIpc) is 2.66. The zero-order valence-electron chi connectivity index (χ0n) is 9.32. The highest BCUT2D eigenvalue weighted by Crippen LogP contribution is 2.28. The number of anilines is 2. The van der Waals surface area contributed by atoms with Gasteiger partial charge in [0, 0.05) is 31.9 Å². The summed E-state index contributed by atoms with van der Waals surface area (Å²) in [4.78, 5) is 25.0. The van der Waals surface area contributed by atoms with Crippen molar-refractivity contribution in [3.63, 3.8) is 0 Å². The molecular formula is C12H13N3O2. The number of hydrogen-bond acceptors (Lipinski definition) is 4. The summed E-state index contributed by atoms with van der Waals surface area (Å²) in [5.74, 6) is -0.963. The van der Waals surface area contributed by atoms with Gasteiger partial charge in [-0.2, -0.15) is 0 Å². The van der Waals surface area contributed by atoms with Gasteiger partial charge in [-0.05, 0) is 18.2 Å². The predicted octanol–water partition coefficient (Wildman–Crippen LogP) is 0.231. The van der Waals surface area contributed by atoms with Gasteiger partial charge in [0.1, 0.15) is 0 Å². The second kappa shape index (κ2) is 3.85. The quantitative estimate of drug-likeness (QED) is 0.679. The normalized spacial score (nSPS) is 19.2. The molecule has 5 heteroatoms. The van der Waals surface area contributed by atoms with Crippen LogP contribution < -0.4 is 15.5 Å². The topological polar surface area (TPSA) is 61.4 Å². The average molecular weight is 231 g/mol. The zero-order valence-corrected chi connectivity index (χ0v) is 9.32. The number of hydrogen-bond donors (Lipinski definition) is 2. The third-order valence-corrected chi connectivity index (χ3v) is 3.18. The van der Waals surface area contributed by atoms with Crippen LogP contribution in [0.1, 0.15) is 10.4 Å². The number of amides is 1. The predicted molar refractivity (Wildman–Crippen MR) is 64.5 cm³/mol. The van der Waals surface area contributed by atoms with Crippen molar-refractivity contribution in [2.75, 3.05) is 36.4 Å². The molecule has 0 unspecified atom stereocenters. The summed E-state index contributed by atoms with van der Waals surface area (Å²) in [5, 5.41) is 5.84. The molecule has 1 fully saturated rings. The number of carbonyl (C=O) groups excluding carboxylic acids is 2. The molecule has 2 aliphatic heterocycles. The summed E-state index contributed by atoms with van der Waals surface area (Å²) < 4.78 is 0. The fourth-order valence-electron chi connectivity index (χ4n) is 2.25. The van der Waals surface area contributed by atoms with E-state index in [2.05, 4.69) is 15.5 Å². The Morgan fingerprint density at radius 3 is 2.65 bits per heavy atom. The third-order valence-electron chi connectivity index (χ3n) is 3.18. The van der Waals surface area contributed by atoms with Crippen molar-refractivity contribution >= 4 is 23.1 Å². The molecule has 1 aromatic rings. The van der Waals surface area contributed by atoms with Crippen molar-refractivity contribution in [2.45, 2.75) is 0 Å². The molecule has 0 atom stereocenters. The second-order valence-electron chi connectivity index (χ2n) is 4.25. The van der Waals surface area contributed by atoms with Crippen LogP contribution in [0.3, 0.4) is 0 Å². The number of nitrogens with zero attached hydrogens (tertiary/aromatic N) is 1. The molecule has 2 N–H and O–H groups in total. The van der Waals surface area contributed by atoms with Crippen LogP contribution in [0.25, 0.3) is 0 Å². The SMILES string of the molecule is O=C1Nc2ccc(N3CCNCC3)cc2C1=O. The standard InChI is InChI=1S/C12H13N3O2/c16-11-9-7-8(15-5-3-13-4-6-15)1-2-10(9)14-12(11)17/h1-2,7,13H,3-6H2,(H,14,16,17). The maximum absolute atomic E-state index is 11.6. The lowest BCUT2D eigenvalue weighted by molar-refractivity contribution is -0.112. The van der Waals surface area contributed by atoms with E-state index in [0.717, 1.165) is 31.9 Å². The summed E-state index contributed by atoms with van der Waals surface area (Å²) in [6.07, 6.45) is 0. The van der Waals surface area contributed by atoms with Gasteiger partial charge in [-0.15, -0.1) is 0 Å². The summed E-state index contributed by atoms with van der Waals surface area (Å²) in [5.41, 5.74) is 2.13. The fraction of sp³-hybridized carbons (Fsp3) is 0.333. The van der Waals surface area contributed by atoms with Crippen LogP contribution in [0.4, 0.5) is 11.4 Å². The van der Waals surface area contributed by atoms with Crippen LogP contribution in [0.2, 0.25) is 0 Å². The first-order valence-electron chi connectivity index (χ1n) is 5.71. The second-order valence-corrected chi connectivity index (χ2v) is 4.25. The highest BCUT2D eigenvalue weighted by Gasteiger charge is 2.28. The van der Waals surface area contributed by atoms with Crippen molar-refractivity contribution in [2.24, 2.45) is 0 Å². The molecule has 1 aromatic carbocycles. The number of ketones is 1. The van der Waals surface area contributed by atoms with Crippen LogP contribution in [0.15, 0.2) is 18.2 Å². The maximum atomic E-state index is 11.6. The van der Waals surface area contributed by atoms with Crippen molar-refractivity contribution in [3.05, 3.63) is 23.8 Å². The summed E-state index contributed by atoms with van der Waals surface area (Å²) >= 11 is 0. The molecule has 3 rings (SSSR count). The van der Waals surface area contributed by atoms with E-state index < -0.39 is 11.7 Å². The minimum Gasteiger partial charge on any atom is -0.369 e. The molecule has 1 saturated heterocycles. The first-order chi connectivity index (χ1) is 8.25. The van der Waals surface area contributed by atoms with Crippen LogP contribution in [0.5, 0.6) is 0 Å². The summed E-state index contributed by atoms with van der Waals surface area (Å²) in [6, 6.07) is 5.55. The lowest BCUT2D eigenvalue weighted by Crippen LogP contribution is -2.43. The molecule has 0 bridgehead atoms. The minimum absolute atomic E-state index is 0.433. The summed E-state index contributed by atoms with van der Waals surface area (Å²) in [7, 11) is 0. The van der Waals surface area contributed by atoms with E-state index in [4.69, 9.17) is 0 Å². The number of fused-ring (bicyclic) bond motifs is 1. The van der Waals surface area contributed by atoms with Gasteiger partial charge in [0.2, 0.25) is 0 Å². The monoisotopic (exact) mass is 231 g/mol. The van der Waals surface area contributed by atoms with E-state index in [1.54, 1.807) is 12.1 Å². The number of benzene rings is 1. The molecular weight excluding hydrogens is 218 g/mol. The Balaban J connectivity index is 1.93. The maximum Gasteiger partial charge on any atom is 0.296 e. The first-order valence-corrected chi connectivity index (χ1v) is 5.71. The molecule has 2 heterocycles. The molecule has 0 spiro atoms. The van der Waals surface area contributed by atoms with E-state index in [0.29, 0.717) is 11.3 Å². The number of nitrogens with one attached hydrogen (secondary N) is 2. The van der Waals surface area contributed by atoms with Gasteiger partial charge in [0.05, 0.1) is 11.3 Å². The Hall–Kier alpha value is -1.88. The molecule has 2 aliphatic rings. The van der Waals surface area contributed by atoms with E-state index in [1.165, 1.54) is 0 Å². The molecule has 17 heavy (non-hydrogen) atoms. The van der Waals surface area contributed by atoms with E-state index in [1.807, 2.05) is 6.07 Å². The Morgan fingerprint density at radius 1 is 1.12 bits per heavy atom.